The van der Waals surface area contributed by atoms with E-state index in [4.69, 9.17) is 5.11 Å². The molecule has 1 heterocycles. The molecule has 0 radical (unpaired) electrons. The Morgan fingerprint density at radius 1 is 1.41 bits per heavy atom. The van der Waals surface area contributed by atoms with E-state index in [1.807, 2.05) is 0 Å². The Balaban J connectivity index is 3.49. The Morgan fingerprint density at radius 2 is 1.94 bits per heavy atom. The number of nitrogens with zero attached hydrogens (tertiary/aromatic N) is 2. The van der Waals surface area contributed by atoms with Gasteiger partial charge in [0.05, 0.1) is 11.3 Å². The van der Waals surface area contributed by atoms with Crippen LogP contribution in [0.2, 0.25) is 0 Å². The molecule has 17 heavy (non-hydrogen) atoms. The Labute approximate surface area is 95.4 Å². The zero-order chi connectivity index (χ0) is 13.4. The molecule has 0 aliphatic rings. The second-order valence-corrected chi connectivity index (χ2v) is 3.56. The van der Waals surface area contributed by atoms with Crippen LogP contribution in [-0.4, -0.2) is 27.0 Å². The van der Waals surface area contributed by atoms with Crippen LogP contribution in [0.25, 0.3) is 5.57 Å². The summed E-state index contributed by atoms with van der Waals surface area (Å²) < 4.78 is 39.6. The molecule has 0 aliphatic heterocycles. The Hall–Kier alpha value is -1.79. The second-order valence-electron chi connectivity index (χ2n) is 3.56. The van der Waals surface area contributed by atoms with Crippen LogP contribution >= 0.6 is 0 Å². The smallest absolute Gasteiger partial charge is 0.417 e. The van der Waals surface area contributed by atoms with Gasteiger partial charge in [0.25, 0.3) is 0 Å². The fraction of sp³-hybridized carbons (Fsp3) is 0.400. The molecule has 1 rings (SSSR count). The number of alkyl halides is 3. The number of halogens is 3. The van der Waals surface area contributed by atoms with E-state index in [-0.39, 0.29) is 23.0 Å². The topological polar surface area (TPSA) is 55.1 Å². The molecule has 0 aromatic carbocycles. The van der Waals surface area contributed by atoms with Gasteiger partial charge >= 0.3 is 12.1 Å². The average molecular weight is 248 g/mol. The van der Waals surface area contributed by atoms with Gasteiger partial charge in [-0.3, -0.25) is 4.68 Å². The SMILES string of the molecule is Cc1nn(C)c(C)c1C(=CC(=O)O)C(F)(F)F. The third-order valence-electron chi connectivity index (χ3n) is 2.35. The van der Waals surface area contributed by atoms with Crippen molar-refractivity contribution >= 4 is 11.5 Å². The summed E-state index contributed by atoms with van der Waals surface area (Å²) in [6.45, 7) is 2.86. The number of aryl methyl sites for hydroxylation is 2. The van der Waals surface area contributed by atoms with Crippen molar-refractivity contribution in [3.63, 3.8) is 0 Å². The van der Waals surface area contributed by atoms with Gasteiger partial charge in [0.2, 0.25) is 0 Å². The van der Waals surface area contributed by atoms with Gasteiger partial charge in [0.15, 0.2) is 0 Å². The van der Waals surface area contributed by atoms with E-state index in [0.29, 0.717) is 0 Å². The number of hydrogen-bond donors (Lipinski definition) is 1. The first-order chi connectivity index (χ1) is 7.64. The summed E-state index contributed by atoms with van der Waals surface area (Å²) in [5.41, 5.74) is -0.947. The highest BCUT2D eigenvalue weighted by molar-refractivity contribution is 5.92. The number of carbonyl (C=O) groups is 1. The average Bonchev–Trinajstić information content (AvgIpc) is 2.36. The molecule has 0 aliphatic carbocycles. The van der Waals surface area contributed by atoms with E-state index < -0.39 is 17.7 Å². The molecule has 0 amide bonds. The fourth-order valence-electron chi connectivity index (χ4n) is 1.58. The molecule has 1 aromatic heterocycles. The lowest BCUT2D eigenvalue weighted by molar-refractivity contribution is -0.131. The molecule has 1 N–H and O–H groups in total. The van der Waals surface area contributed by atoms with E-state index in [1.165, 1.54) is 25.6 Å². The standard InChI is InChI=1S/C10H11F3N2O2/c1-5-9(6(2)15(3)14-5)7(4-8(16)17)10(11,12)13/h4H,1-3H3,(H,16,17). The van der Waals surface area contributed by atoms with Crippen molar-refractivity contribution < 1.29 is 23.1 Å². The number of aliphatic carboxylic acids is 1. The van der Waals surface area contributed by atoms with Gasteiger partial charge in [-0.1, -0.05) is 0 Å². The predicted octanol–water partition coefficient (Wildman–Crippen LogP) is 2.07. The van der Waals surface area contributed by atoms with E-state index >= 15 is 0 Å². The second kappa shape index (κ2) is 4.23. The molecule has 7 heteroatoms. The molecule has 0 spiro atoms. The number of rotatable bonds is 2. The van der Waals surface area contributed by atoms with E-state index in [0.717, 1.165) is 0 Å². The molecule has 1 aromatic rings. The monoisotopic (exact) mass is 248 g/mol. The quantitative estimate of drug-likeness (QED) is 0.815. The molecule has 0 bridgehead atoms. The summed E-state index contributed by atoms with van der Waals surface area (Å²) in [5.74, 6) is -1.64. The van der Waals surface area contributed by atoms with Crippen LogP contribution in [-0.2, 0) is 11.8 Å². The van der Waals surface area contributed by atoms with Gasteiger partial charge in [-0.05, 0) is 13.8 Å². The minimum absolute atomic E-state index is 0.148. The lowest BCUT2D eigenvalue weighted by Crippen LogP contribution is -2.14. The van der Waals surface area contributed by atoms with Crippen molar-refractivity contribution in [2.75, 3.05) is 0 Å². The molecular formula is C10H11F3N2O2. The van der Waals surface area contributed by atoms with Crippen LogP contribution < -0.4 is 0 Å². The molecule has 0 saturated heterocycles. The van der Waals surface area contributed by atoms with Crippen molar-refractivity contribution in [1.29, 1.82) is 0 Å². The van der Waals surface area contributed by atoms with Crippen LogP contribution in [0.4, 0.5) is 13.2 Å². The lowest BCUT2D eigenvalue weighted by Gasteiger charge is -2.11. The van der Waals surface area contributed by atoms with Crippen molar-refractivity contribution in [1.82, 2.24) is 9.78 Å². The van der Waals surface area contributed by atoms with Crippen molar-refractivity contribution in [3.05, 3.63) is 23.0 Å². The largest absolute Gasteiger partial charge is 0.478 e. The molecule has 94 valence electrons. The fourth-order valence-corrected chi connectivity index (χ4v) is 1.58. The van der Waals surface area contributed by atoms with Gasteiger partial charge in [-0.15, -0.1) is 0 Å². The number of aromatic nitrogens is 2. The number of carboxylic acid groups (broad SMARTS) is 1. The minimum Gasteiger partial charge on any atom is -0.478 e. The number of hydrogen-bond acceptors (Lipinski definition) is 2. The van der Waals surface area contributed by atoms with E-state index in [2.05, 4.69) is 5.10 Å². The normalized spacial score (nSPS) is 12.9. The van der Waals surface area contributed by atoms with Crippen LogP contribution in [0.5, 0.6) is 0 Å². The van der Waals surface area contributed by atoms with E-state index in [1.54, 1.807) is 0 Å². The van der Waals surface area contributed by atoms with Gasteiger partial charge in [-0.2, -0.15) is 18.3 Å². The summed E-state index contributed by atoms with van der Waals surface area (Å²) in [4.78, 5) is 10.5. The zero-order valence-corrected chi connectivity index (χ0v) is 9.46. The van der Waals surface area contributed by atoms with Gasteiger partial charge in [0, 0.05) is 24.4 Å². The van der Waals surface area contributed by atoms with Crippen LogP contribution in [0, 0.1) is 13.8 Å². The van der Waals surface area contributed by atoms with Gasteiger partial charge in [-0.25, -0.2) is 4.79 Å². The van der Waals surface area contributed by atoms with Crippen molar-refractivity contribution in [2.45, 2.75) is 20.0 Å². The minimum atomic E-state index is -4.73. The maximum atomic E-state index is 12.8. The lowest BCUT2D eigenvalue weighted by atomic mass is 10.0. The first-order valence-corrected chi connectivity index (χ1v) is 4.67. The maximum absolute atomic E-state index is 12.8. The van der Waals surface area contributed by atoms with Crippen LogP contribution in [0.1, 0.15) is 17.0 Å². The number of allylic oxidation sites excluding steroid dienone is 1. The van der Waals surface area contributed by atoms with Gasteiger partial charge < -0.3 is 5.11 Å². The Kier molecular flexibility index (Phi) is 3.30. The van der Waals surface area contributed by atoms with Crippen molar-refractivity contribution in [2.24, 2.45) is 7.05 Å². The molecular weight excluding hydrogens is 237 g/mol. The summed E-state index contributed by atoms with van der Waals surface area (Å²) in [6, 6.07) is 0. The first kappa shape index (κ1) is 13.3. The highest BCUT2D eigenvalue weighted by Gasteiger charge is 2.38. The highest BCUT2D eigenvalue weighted by Crippen LogP contribution is 2.36. The first-order valence-electron chi connectivity index (χ1n) is 4.67. The third-order valence-corrected chi connectivity index (χ3v) is 2.35. The third kappa shape index (κ3) is 2.66. The summed E-state index contributed by atoms with van der Waals surface area (Å²) in [7, 11) is 1.50. The predicted molar refractivity (Wildman–Crippen MR) is 54.3 cm³/mol. The maximum Gasteiger partial charge on any atom is 0.417 e. The Bertz CT molecular complexity index is 486. The molecule has 4 nitrogen and oxygen atoms in total. The van der Waals surface area contributed by atoms with Gasteiger partial charge in [0.1, 0.15) is 0 Å². The summed E-state index contributed by atoms with van der Waals surface area (Å²) in [6.07, 6.45) is -4.56. The van der Waals surface area contributed by atoms with E-state index in [9.17, 15) is 18.0 Å². The summed E-state index contributed by atoms with van der Waals surface area (Å²) in [5, 5.41) is 12.3. The van der Waals surface area contributed by atoms with Crippen LogP contribution in [0.3, 0.4) is 0 Å². The molecule has 0 atom stereocenters. The summed E-state index contributed by atoms with van der Waals surface area (Å²) >= 11 is 0. The Morgan fingerprint density at radius 3 is 2.24 bits per heavy atom. The van der Waals surface area contributed by atoms with Crippen molar-refractivity contribution in [3.8, 4) is 0 Å². The van der Waals surface area contributed by atoms with Crippen LogP contribution in [0.15, 0.2) is 6.08 Å². The molecule has 0 unspecified atom stereocenters. The highest BCUT2D eigenvalue weighted by atomic mass is 19.4. The molecule has 0 saturated carbocycles. The zero-order valence-electron chi connectivity index (χ0n) is 9.46. The number of carboxylic acids is 1. The molecule has 0 fully saturated rings.